The molecule has 4 N–H and O–H groups in total. The summed E-state index contributed by atoms with van der Waals surface area (Å²) >= 11 is 4.84. The Bertz CT molecular complexity index is 294. The van der Waals surface area contributed by atoms with Gasteiger partial charge in [-0.15, -0.1) is 0 Å². The SMILES string of the molecule is CCCC(C(=O)NC(C)C(=O)NCC)C(N)=S. The number of nitrogens with two attached hydrogens (primary N) is 1. The highest BCUT2D eigenvalue weighted by molar-refractivity contribution is 7.80. The van der Waals surface area contributed by atoms with E-state index in [1.54, 1.807) is 6.92 Å². The molecule has 6 heteroatoms. The van der Waals surface area contributed by atoms with Gasteiger partial charge in [-0.05, 0) is 20.3 Å². The molecule has 0 aliphatic heterocycles. The van der Waals surface area contributed by atoms with Crippen LogP contribution in [0.25, 0.3) is 0 Å². The highest BCUT2D eigenvalue weighted by Gasteiger charge is 2.23. The Morgan fingerprint density at radius 1 is 1.29 bits per heavy atom. The lowest BCUT2D eigenvalue weighted by molar-refractivity contribution is -0.129. The molecule has 0 aliphatic rings. The molecule has 0 rings (SSSR count). The molecule has 0 bridgehead atoms. The molecule has 2 atom stereocenters. The summed E-state index contributed by atoms with van der Waals surface area (Å²) in [5.74, 6) is -0.982. The van der Waals surface area contributed by atoms with Gasteiger partial charge in [-0.2, -0.15) is 0 Å². The van der Waals surface area contributed by atoms with Crippen molar-refractivity contribution in [2.24, 2.45) is 11.7 Å². The van der Waals surface area contributed by atoms with E-state index in [-0.39, 0.29) is 16.8 Å². The van der Waals surface area contributed by atoms with Crippen molar-refractivity contribution in [1.82, 2.24) is 10.6 Å². The molecule has 5 nitrogen and oxygen atoms in total. The zero-order valence-corrected chi connectivity index (χ0v) is 11.4. The second kappa shape index (κ2) is 8.00. The molecule has 0 aliphatic carbocycles. The van der Waals surface area contributed by atoms with Gasteiger partial charge in [-0.25, -0.2) is 0 Å². The monoisotopic (exact) mass is 259 g/mol. The topological polar surface area (TPSA) is 84.2 Å². The number of likely N-dealkylation sites (N-methyl/N-ethyl adjacent to an activating group) is 1. The van der Waals surface area contributed by atoms with Gasteiger partial charge in [-0.1, -0.05) is 25.6 Å². The standard InChI is InChI=1S/C11H21N3O2S/c1-4-6-8(9(12)17)11(16)14-7(3)10(15)13-5-2/h7-8H,4-6H2,1-3H3,(H2,12,17)(H,13,15)(H,14,16). The molecule has 0 aromatic rings. The van der Waals surface area contributed by atoms with Crippen molar-refractivity contribution in [2.75, 3.05) is 6.54 Å². The molecule has 98 valence electrons. The van der Waals surface area contributed by atoms with Crippen molar-refractivity contribution in [3.8, 4) is 0 Å². The Balaban J connectivity index is 4.39. The van der Waals surface area contributed by atoms with E-state index in [4.69, 9.17) is 18.0 Å². The molecule has 0 fully saturated rings. The number of nitrogens with one attached hydrogen (secondary N) is 2. The van der Waals surface area contributed by atoms with Crippen LogP contribution < -0.4 is 16.4 Å². The maximum absolute atomic E-state index is 11.8. The Morgan fingerprint density at radius 3 is 2.29 bits per heavy atom. The fourth-order valence-electron chi connectivity index (χ4n) is 1.40. The van der Waals surface area contributed by atoms with Crippen LogP contribution >= 0.6 is 12.2 Å². The van der Waals surface area contributed by atoms with Crippen LogP contribution in [-0.4, -0.2) is 29.4 Å². The number of carbonyl (C=O) groups excluding carboxylic acids is 2. The van der Waals surface area contributed by atoms with Gasteiger partial charge in [-0.3, -0.25) is 9.59 Å². The minimum atomic E-state index is -0.573. The summed E-state index contributed by atoms with van der Waals surface area (Å²) < 4.78 is 0. The van der Waals surface area contributed by atoms with E-state index in [1.807, 2.05) is 13.8 Å². The predicted molar refractivity (Wildman–Crippen MR) is 71.5 cm³/mol. The zero-order chi connectivity index (χ0) is 13.4. The van der Waals surface area contributed by atoms with Crippen molar-refractivity contribution in [1.29, 1.82) is 0 Å². The molecule has 0 heterocycles. The third kappa shape index (κ3) is 5.63. The second-order valence-electron chi connectivity index (χ2n) is 3.87. The van der Waals surface area contributed by atoms with Crippen LogP contribution in [0.3, 0.4) is 0 Å². The molecular formula is C11H21N3O2S. The van der Waals surface area contributed by atoms with Crippen molar-refractivity contribution in [2.45, 2.75) is 39.7 Å². The maximum Gasteiger partial charge on any atom is 0.242 e. The zero-order valence-electron chi connectivity index (χ0n) is 10.6. The van der Waals surface area contributed by atoms with E-state index in [0.29, 0.717) is 13.0 Å². The molecular weight excluding hydrogens is 238 g/mol. The van der Waals surface area contributed by atoms with Crippen molar-refractivity contribution >= 4 is 29.0 Å². The number of thiocarbonyl (C=S) groups is 1. The van der Waals surface area contributed by atoms with Gasteiger partial charge < -0.3 is 16.4 Å². The van der Waals surface area contributed by atoms with E-state index in [0.717, 1.165) is 6.42 Å². The van der Waals surface area contributed by atoms with Gasteiger partial charge in [0.15, 0.2) is 0 Å². The first kappa shape index (κ1) is 15.8. The average molecular weight is 259 g/mol. The highest BCUT2D eigenvalue weighted by Crippen LogP contribution is 2.07. The maximum atomic E-state index is 11.8. The third-order valence-corrected chi connectivity index (χ3v) is 2.62. The fourth-order valence-corrected chi connectivity index (χ4v) is 1.62. The molecule has 2 amide bonds. The van der Waals surface area contributed by atoms with Crippen LogP contribution in [0, 0.1) is 5.92 Å². The molecule has 0 saturated carbocycles. The molecule has 0 aromatic heterocycles. The Morgan fingerprint density at radius 2 is 1.88 bits per heavy atom. The van der Waals surface area contributed by atoms with Crippen molar-refractivity contribution in [3.05, 3.63) is 0 Å². The molecule has 0 aromatic carbocycles. The van der Waals surface area contributed by atoms with Crippen molar-refractivity contribution in [3.63, 3.8) is 0 Å². The predicted octanol–water partition coefficient (Wildman–Crippen LogP) is 0.330. The van der Waals surface area contributed by atoms with Crippen molar-refractivity contribution < 1.29 is 9.59 Å². The third-order valence-electron chi connectivity index (χ3n) is 2.34. The first-order valence-corrected chi connectivity index (χ1v) is 6.22. The highest BCUT2D eigenvalue weighted by atomic mass is 32.1. The Kier molecular flexibility index (Phi) is 7.45. The average Bonchev–Trinajstić information content (AvgIpc) is 2.25. The van der Waals surface area contributed by atoms with Crippen LogP contribution in [0.5, 0.6) is 0 Å². The first-order valence-electron chi connectivity index (χ1n) is 5.81. The van der Waals surface area contributed by atoms with Gasteiger partial charge in [0.25, 0.3) is 0 Å². The summed E-state index contributed by atoms with van der Waals surface area (Å²) in [6.45, 7) is 5.94. The first-order chi connectivity index (χ1) is 7.93. The van der Waals surface area contributed by atoms with E-state index in [2.05, 4.69) is 10.6 Å². The van der Waals surface area contributed by atoms with Gasteiger partial charge in [0, 0.05) is 6.54 Å². The fraction of sp³-hybridized carbons (Fsp3) is 0.727. The summed E-state index contributed by atoms with van der Waals surface area (Å²) in [6, 6.07) is -0.573. The number of carbonyl (C=O) groups is 2. The number of hydrogen-bond donors (Lipinski definition) is 3. The second-order valence-corrected chi connectivity index (χ2v) is 4.34. The van der Waals surface area contributed by atoms with E-state index in [9.17, 15) is 9.59 Å². The van der Waals surface area contributed by atoms with Crippen LogP contribution in [0.4, 0.5) is 0 Å². The van der Waals surface area contributed by atoms with Crippen LogP contribution in [0.1, 0.15) is 33.6 Å². The lowest BCUT2D eigenvalue weighted by Crippen LogP contribution is -2.48. The van der Waals surface area contributed by atoms with Gasteiger partial charge >= 0.3 is 0 Å². The smallest absolute Gasteiger partial charge is 0.242 e. The van der Waals surface area contributed by atoms with Crippen LogP contribution in [0.2, 0.25) is 0 Å². The molecule has 0 saturated heterocycles. The molecule has 0 radical (unpaired) electrons. The number of hydrogen-bond acceptors (Lipinski definition) is 3. The van der Waals surface area contributed by atoms with Crippen LogP contribution in [0.15, 0.2) is 0 Å². The lowest BCUT2D eigenvalue weighted by atomic mass is 10.0. The number of amides is 2. The van der Waals surface area contributed by atoms with E-state index >= 15 is 0 Å². The minimum absolute atomic E-state index is 0.174. The Labute approximate surface area is 108 Å². The van der Waals surface area contributed by atoms with Gasteiger partial charge in [0.2, 0.25) is 11.8 Å². The van der Waals surface area contributed by atoms with Crippen LogP contribution in [-0.2, 0) is 9.59 Å². The van der Waals surface area contributed by atoms with Gasteiger partial charge in [0.05, 0.1) is 10.9 Å². The number of rotatable bonds is 7. The summed E-state index contributed by atoms with van der Waals surface area (Å²) in [5, 5.41) is 5.25. The summed E-state index contributed by atoms with van der Waals surface area (Å²) in [5.41, 5.74) is 5.50. The normalized spacial score (nSPS) is 13.6. The lowest BCUT2D eigenvalue weighted by Gasteiger charge is -2.18. The summed E-state index contributed by atoms with van der Waals surface area (Å²) in [7, 11) is 0. The summed E-state index contributed by atoms with van der Waals surface area (Å²) in [6.07, 6.45) is 1.41. The molecule has 17 heavy (non-hydrogen) atoms. The Hall–Kier alpha value is -1.17. The van der Waals surface area contributed by atoms with E-state index < -0.39 is 12.0 Å². The minimum Gasteiger partial charge on any atom is -0.393 e. The molecule has 0 spiro atoms. The molecule has 2 unspecified atom stereocenters. The van der Waals surface area contributed by atoms with Gasteiger partial charge in [0.1, 0.15) is 6.04 Å². The quantitative estimate of drug-likeness (QED) is 0.575. The van der Waals surface area contributed by atoms with E-state index in [1.165, 1.54) is 0 Å². The largest absolute Gasteiger partial charge is 0.393 e. The summed E-state index contributed by atoms with van der Waals surface area (Å²) in [4.78, 5) is 23.4.